The molecule has 2 aromatic carbocycles. The summed E-state index contributed by atoms with van der Waals surface area (Å²) in [5, 5.41) is 6.45. The number of esters is 1. The molecule has 6 nitrogen and oxygen atoms in total. The highest BCUT2D eigenvalue weighted by Crippen LogP contribution is 2.30. The summed E-state index contributed by atoms with van der Waals surface area (Å²) in [4.78, 5) is 23.7. The minimum absolute atomic E-state index is 0.0155. The summed E-state index contributed by atoms with van der Waals surface area (Å²) in [6, 6.07) is 8.42. The van der Waals surface area contributed by atoms with E-state index in [2.05, 4.69) is 15.2 Å². The molecule has 0 aliphatic carbocycles. The number of rotatable bonds is 3. The van der Waals surface area contributed by atoms with Gasteiger partial charge in [-0.3, -0.25) is 4.79 Å². The lowest BCUT2D eigenvalue weighted by Gasteiger charge is -2.09. The fourth-order valence-electron chi connectivity index (χ4n) is 2.30. The Labute approximate surface area is 144 Å². The first-order valence-corrected chi connectivity index (χ1v) is 7.26. The molecule has 0 saturated carbocycles. The van der Waals surface area contributed by atoms with Crippen LogP contribution in [0.5, 0.6) is 0 Å². The summed E-state index contributed by atoms with van der Waals surface area (Å²) < 4.78 is 47.8. The van der Waals surface area contributed by atoms with Crippen molar-refractivity contribution in [3.8, 4) is 0 Å². The minimum Gasteiger partial charge on any atom is -0.464 e. The smallest absolute Gasteiger partial charge is 0.416 e. The zero-order valence-electron chi connectivity index (χ0n) is 13.3. The number of hydrogen-bond acceptors (Lipinski definition) is 5. The number of carbonyl (C=O) groups excluding carboxylic acids is 2. The quantitative estimate of drug-likeness (QED) is 0.713. The van der Waals surface area contributed by atoms with Crippen LogP contribution in [0.15, 0.2) is 47.0 Å². The summed E-state index contributed by atoms with van der Waals surface area (Å²) >= 11 is 0. The van der Waals surface area contributed by atoms with Crippen molar-refractivity contribution in [1.29, 1.82) is 0 Å². The second kappa shape index (κ2) is 6.51. The number of amides is 1. The predicted molar refractivity (Wildman–Crippen MR) is 84.7 cm³/mol. The van der Waals surface area contributed by atoms with Crippen LogP contribution in [0.3, 0.4) is 0 Å². The third kappa shape index (κ3) is 3.37. The minimum atomic E-state index is -4.54. The van der Waals surface area contributed by atoms with Crippen LogP contribution in [0.25, 0.3) is 11.0 Å². The number of carbonyl (C=O) groups is 2. The Kier molecular flexibility index (Phi) is 4.37. The maximum Gasteiger partial charge on any atom is 0.416 e. The molecule has 1 amide bonds. The van der Waals surface area contributed by atoms with Crippen LogP contribution in [-0.4, -0.2) is 24.1 Å². The number of aromatic nitrogens is 1. The highest BCUT2D eigenvalue weighted by atomic mass is 19.4. The van der Waals surface area contributed by atoms with Gasteiger partial charge in [-0.2, -0.15) is 13.2 Å². The molecule has 1 heterocycles. The van der Waals surface area contributed by atoms with E-state index in [1.165, 1.54) is 31.4 Å². The van der Waals surface area contributed by atoms with Crippen LogP contribution in [-0.2, 0) is 10.9 Å². The topological polar surface area (TPSA) is 81.4 Å². The first-order chi connectivity index (χ1) is 12.3. The molecule has 3 rings (SSSR count). The summed E-state index contributed by atoms with van der Waals surface area (Å²) in [5.74, 6) is -1.40. The van der Waals surface area contributed by atoms with Crippen LogP contribution < -0.4 is 5.32 Å². The Bertz CT molecular complexity index is 995. The molecule has 26 heavy (non-hydrogen) atoms. The molecule has 0 saturated heterocycles. The number of hydrogen-bond donors (Lipinski definition) is 1. The van der Waals surface area contributed by atoms with E-state index >= 15 is 0 Å². The molecule has 0 fully saturated rings. The standard InChI is InChI=1S/C17H11F3N2O4/c1-25-16(24)14-12-6-5-11(8-13(12)26-22-14)21-15(23)9-3-2-4-10(7-9)17(18,19)20/h2-8H,1H3,(H,21,23). The average molecular weight is 364 g/mol. The first-order valence-electron chi connectivity index (χ1n) is 7.26. The van der Waals surface area contributed by atoms with E-state index in [1.807, 2.05) is 0 Å². The summed E-state index contributed by atoms with van der Waals surface area (Å²) in [6.45, 7) is 0. The first kappa shape index (κ1) is 17.5. The van der Waals surface area contributed by atoms with Gasteiger partial charge in [0.15, 0.2) is 11.3 Å². The van der Waals surface area contributed by atoms with E-state index in [1.54, 1.807) is 0 Å². The molecule has 0 aliphatic heterocycles. The Morgan fingerprint density at radius 1 is 1.15 bits per heavy atom. The van der Waals surface area contributed by atoms with Crippen molar-refractivity contribution in [3.05, 3.63) is 59.3 Å². The van der Waals surface area contributed by atoms with Crippen molar-refractivity contribution >= 4 is 28.5 Å². The fourth-order valence-corrected chi connectivity index (χ4v) is 2.30. The third-order valence-corrected chi connectivity index (χ3v) is 3.56. The van der Waals surface area contributed by atoms with Crippen LogP contribution in [0, 0.1) is 0 Å². The number of nitrogens with zero attached hydrogens (tertiary/aromatic N) is 1. The van der Waals surface area contributed by atoms with Crippen LogP contribution in [0.2, 0.25) is 0 Å². The zero-order chi connectivity index (χ0) is 18.9. The second-order valence-electron chi connectivity index (χ2n) is 5.27. The van der Waals surface area contributed by atoms with Crippen molar-refractivity contribution < 1.29 is 32.0 Å². The third-order valence-electron chi connectivity index (χ3n) is 3.56. The van der Waals surface area contributed by atoms with Crippen LogP contribution in [0.4, 0.5) is 18.9 Å². The van der Waals surface area contributed by atoms with E-state index < -0.39 is 23.6 Å². The van der Waals surface area contributed by atoms with Crippen LogP contribution >= 0.6 is 0 Å². The van der Waals surface area contributed by atoms with E-state index in [0.29, 0.717) is 5.39 Å². The fraction of sp³-hybridized carbons (Fsp3) is 0.118. The molecule has 0 spiro atoms. The number of alkyl halides is 3. The number of methoxy groups -OCH3 is 1. The van der Waals surface area contributed by atoms with Gasteiger partial charge in [0.05, 0.1) is 18.1 Å². The predicted octanol–water partition coefficient (Wildman–Crippen LogP) is 3.89. The van der Waals surface area contributed by atoms with E-state index in [0.717, 1.165) is 18.2 Å². The monoisotopic (exact) mass is 364 g/mol. The van der Waals surface area contributed by atoms with Gasteiger partial charge in [-0.15, -0.1) is 0 Å². The molecule has 0 aliphatic rings. The number of ether oxygens (including phenoxy) is 1. The van der Waals surface area contributed by atoms with Gasteiger partial charge in [-0.1, -0.05) is 11.2 Å². The molecular weight excluding hydrogens is 353 g/mol. The van der Waals surface area contributed by atoms with E-state index in [-0.39, 0.29) is 22.5 Å². The summed E-state index contributed by atoms with van der Waals surface area (Å²) in [5.41, 5.74) is -0.593. The molecular formula is C17H11F3N2O4. The lowest BCUT2D eigenvalue weighted by molar-refractivity contribution is -0.137. The Balaban J connectivity index is 1.85. The number of fused-ring (bicyclic) bond motifs is 1. The molecule has 134 valence electrons. The highest BCUT2D eigenvalue weighted by Gasteiger charge is 2.30. The van der Waals surface area contributed by atoms with Gasteiger partial charge in [0.1, 0.15) is 0 Å². The van der Waals surface area contributed by atoms with Gasteiger partial charge in [-0.25, -0.2) is 4.79 Å². The maximum atomic E-state index is 12.7. The van der Waals surface area contributed by atoms with Crippen molar-refractivity contribution in [1.82, 2.24) is 5.16 Å². The summed E-state index contributed by atoms with van der Waals surface area (Å²) in [7, 11) is 1.20. The normalized spacial score (nSPS) is 11.4. The van der Waals surface area contributed by atoms with Crippen molar-refractivity contribution in [2.75, 3.05) is 12.4 Å². The van der Waals surface area contributed by atoms with Crippen LogP contribution in [0.1, 0.15) is 26.4 Å². The molecule has 9 heteroatoms. The highest BCUT2D eigenvalue weighted by molar-refractivity contribution is 6.06. The largest absolute Gasteiger partial charge is 0.464 e. The molecule has 3 aromatic rings. The maximum absolute atomic E-state index is 12.7. The lowest BCUT2D eigenvalue weighted by atomic mass is 10.1. The van der Waals surface area contributed by atoms with Gasteiger partial charge in [0, 0.05) is 17.3 Å². The Morgan fingerprint density at radius 3 is 2.62 bits per heavy atom. The summed E-state index contributed by atoms with van der Waals surface area (Å²) in [6.07, 6.45) is -4.54. The Morgan fingerprint density at radius 2 is 1.92 bits per heavy atom. The Hall–Kier alpha value is -3.36. The number of nitrogens with one attached hydrogen (secondary N) is 1. The van der Waals surface area contributed by atoms with Gasteiger partial charge in [0.25, 0.3) is 5.91 Å². The van der Waals surface area contributed by atoms with Gasteiger partial charge in [-0.05, 0) is 30.3 Å². The molecule has 1 N–H and O–H groups in total. The number of benzene rings is 2. The average Bonchev–Trinajstić information content (AvgIpc) is 3.03. The lowest BCUT2D eigenvalue weighted by Crippen LogP contribution is -2.13. The van der Waals surface area contributed by atoms with Gasteiger partial charge in [0.2, 0.25) is 0 Å². The van der Waals surface area contributed by atoms with E-state index in [4.69, 9.17) is 4.52 Å². The molecule has 0 atom stereocenters. The molecule has 0 radical (unpaired) electrons. The number of halogens is 3. The van der Waals surface area contributed by atoms with Crippen molar-refractivity contribution in [3.63, 3.8) is 0 Å². The molecule has 0 unspecified atom stereocenters. The SMILES string of the molecule is COC(=O)c1noc2cc(NC(=O)c3cccc(C(F)(F)F)c3)ccc12. The number of anilines is 1. The molecule has 0 bridgehead atoms. The van der Waals surface area contributed by atoms with Gasteiger partial charge < -0.3 is 14.6 Å². The van der Waals surface area contributed by atoms with Gasteiger partial charge >= 0.3 is 12.1 Å². The van der Waals surface area contributed by atoms with E-state index in [9.17, 15) is 22.8 Å². The van der Waals surface area contributed by atoms with Crippen molar-refractivity contribution in [2.24, 2.45) is 0 Å². The second-order valence-corrected chi connectivity index (χ2v) is 5.27. The molecule has 1 aromatic heterocycles. The van der Waals surface area contributed by atoms with Crippen molar-refractivity contribution in [2.45, 2.75) is 6.18 Å². The zero-order valence-corrected chi connectivity index (χ0v) is 13.3.